The van der Waals surface area contributed by atoms with Crippen LogP contribution in [0.3, 0.4) is 0 Å². The molecule has 5 nitrogen and oxygen atoms in total. The van der Waals surface area contributed by atoms with Gasteiger partial charge in [0.15, 0.2) is 5.69 Å². The van der Waals surface area contributed by atoms with E-state index in [0.717, 1.165) is 30.9 Å². The largest absolute Gasteiger partial charge is 0.467 e. The first-order valence-electron chi connectivity index (χ1n) is 6.56. The van der Waals surface area contributed by atoms with Crippen LogP contribution >= 0.6 is 0 Å². The monoisotopic (exact) mass is 304 g/mol. The lowest BCUT2D eigenvalue weighted by atomic mass is 9.81. The highest BCUT2D eigenvalue weighted by Crippen LogP contribution is 2.34. The summed E-state index contributed by atoms with van der Waals surface area (Å²) in [4.78, 5) is 26.7. The number of halogens is 3. The standard InChI is InChI=1S/C13H15F3N2O3/c1-21-12(20)9(5-8-3-2-4-8)18-7-10(13(14,15)16)17-6-11(18)19/h6-9H,2-5H2,1H3/t9-/m0/s1. The minimum atomic E-state index is -4.67. The number of methoxy groups -OCH3 is 1. The molecule has 0 N–H and O–H groups in total. The van der Waals surface area contributed by atoms with Crippen molar-refractivity contribution in [1.82, 2.24) is 9.55 Å². The van der Waals surface area contributed by atoms with E-state index in [-0.39, 0.29) is 5.92 Å². The molecular formula is C13H15F3N2O3. The molecular weight excluding hydrogens is 289 g/mol. The van der Waals surface area contributed by atoms with Crippen molar-refractivity contribution in [3.63, 3.8) is 0 Å². The van der Waals surface area contributed by atoms with Crippen LogP contribution in [0.5, 0.6) is 0 Å². The van der Waals surface area contributed by atoms with E-state index >= 15 is 0 Å². The number of esters is 1. The van der Waals surface area contributed by atoms with E-state index in [1.807, 2.05) is 0 Å². The predicted molar refractivity (Wildman–Crippen MR) is 66.5 cm³/mol. The van der Waals surface area contributed by atoms with E-state index in [4.69, 9.17) is 0 Å². The third-order valence-electron chi connectivity index (χ3n) is 3.71. The number of carbonyl (C=O) groups is 1. The summed E-state index contributed by atoms with van der Waals surface area (Å²) in [6, 6.07) is -1.04. The molecule has 8 heteroatoms. The minimum absolute atomic E-state index is 0.225. The van der Waals surface area contributed by atoms with Crippen molar-refractivity contribution in [2.24, 2.45) is 5.92 Å². The average molecular weight is 304 g/mol. The molecule has 0 saturated heterocycles. The van der Waals surface area contributed by atoms with Gasteiger partial charge in [-0.05, 0) is 12.3 Å². The molecule has 1 heterocycles. The van der Waals surface area contributed by atoms with Crippen LogP contribution in [0.4, 0.5) is 13.2 Å². The molecule has 0 aromatic carbocycles. The van der Waals surface area contributed by atoms with E-state index in [1.165, 1.54) is 0 Å². The Morgan fingerprint density at radius 3 is 2.67 bits per heavy atom. The molecule has 1 aliphatic rings. The lowest BCUT2D eigenvalue weighted by Gasteiger charge is -2.29. The second-order valence-corrected chi connectivity index (χ2v) is 5.09. The molecule has 1 atom stereocenters. The van der Waals surface area contributed by atoms with Crippen molar-refractivity contribution in [2.45, 2.75) is 37.9 Å². The Kier molecular flexibility index (Phi) is 4.34. The number of nitrogens with zero attached hydrogens (tertiary/aromatic N) is 2. The van der Waals surface area contributed by atoms with Gasteiger partial charge in [-0.2, -0.15) is 13.2 Å². The Morgan fingerprint density at radius 1 is 1.52 bits per heavy atom. The molecule has 0 spiro atoms. The maximum atomic E-state index is 12.7. The predicted octanol–water partition coefficient (Wildman–Crippen LogP) is 2.17. The first kappa shape index (κ1) is 15.5. The van der Waals surface area contributed by atoms with E-state index in [0.29, 0.717) is 18.8 Å². The fraction of sp³-hybridized carbons (Fsp3) is 0.615. The molecule has 0 amide bonds. The van der Waals surface area contributed by atoms with Crippen LogP contribution in [0, 0.1) is 5.92 Å². The number of carbonyl (C=O) groups excluding carboxylic acids is 1. The van der Waals surface area contributed by atoms with E-state index in [2.05, 4.69) is 9.72 Å². The molecule has 0 unspecified atom stereocenters. The molecule has 0 bridgehead atoms. The first-order chi connectivity index (χ1) is 9.82. The normalized spacial score (nSPS) is 17.1. The maximum Gasteiger partial charge on any atom is 0.434 e. The van der Waals surface area contributed by atoms with E-state index in [1.54, 1.807) is 0 Å². The summed E-state index contributed by atoms with van der Waals surface area (Å²) in [5.41, 5.74) is -1.96. The maximum absolute atomic E-state index is 12.7. The molecule has 1 aromatic heterocycles. The first-order valence-corrected chi connectivity index (χ1v) is 6.56. The van der Waals surface area contributed by atoms with Crippen LogP contribution in [0.25, 0.3) is 0 Å². The van der Waals surface area contributed by atoms with Crippen LogP contribution in [0.2, 0.25) is 0 Å². The highest BCUT2D eigenvalue weighted by Gasteiger charge is 2.35. The van der Waals surface area contributed by atoms with Crippen molar-refractivity contribution in [3.8, 4) is 0 Å². The Hall–Kier alpha value is -1.86. The van der Waals surface area contributed by atoms with Crippen LogP contribution in [-0.4, -0.2) is 22.6 Å². The zero-order chi connectivity index (χ0) is 15.6. The molecule has 1 aromatic rings. The number of alkyl halides is 3. The Bertz CT molecular complexity index is 579. The van der Waals surface area contributed by atoms with Gasteiger partial charge in [0, 0.05) is 6.20 Å². The van der Waals surface area contributed by atoms with Gasteiger partial charge in [-0.1, -0.05) is 19.3 Å². The van der Waals surface area contributed by atoms with Crippen molar-refractivity contribution in [1.29, 1.82) is 0 Å². The molecule has 1 aliphatic carbocycles. The lowest BCUT2D eigenvalue weighted by Crippen LogP contribution is -2.34. The van der Waals surface area contributed by atoms with Crippen LogP contribution in [0.15, 0.2) is 17.2 Å². The van der Waals surface area contributed by atoms with Gasteiger partial charge in [-0.3, -0.25) is 9.36 Å². The summed E-state index contributed by atoms with van der Waals surface area (Å²) < 4.78 is 43.5. The summed E-state index contributed by atoms with van der Waals surface area (Å²) in [5.74, 6) is -0.494. The molecule has 116 valence electrons. The number of ether oxygens (including phenoxy) is 1. The van der Waals surface area contributed by atoms with Crippen LogP contribution in [-0.2, 0) is 15.7 Å². The highest BCUT2D eigenvalue weighted by molar-refractivity contribution is 5.74. The zero-order valence-electron chi connectivity index (χ0n) is 11.4. The van der Waals surface area contributed by atoms with Gasteiger partial charge in [0.05, 0.1) is 13.3 Å². The summed E-state index contributed by atoms with van der Waals surface area (Å²) in [6.45, 7) is 0. The molecule has 0 aliphatic heterocycles. The van der Waals surface area contributed by atoms with Gasteiger partial charge < -0.3 is 4.74 Å². The fourth-order valence-electron chi connectivity index (χ4n) is 2.31. The zero-order valence-corrected chi connectivity index (χ0v) is 11.4. The molecule has 1 saturated carbocycles. The number of hydrogen-bond acceptors (Lipinski definition) is 4. The summed E-state index contributed by atoms with van der Waals surface area (Å²) in [5, 5.41) is 0. The third kappa shape index (κ3) is 3.43. The van der Waals surface area contributed by atoms with Crippen molar-refractivity contribution in [3.05, 3.63) is 28.4 Å². The van der Waals surface area contributed by atoms with E-state index in [9.17, 15) is 22.8 Å². The summed E-state index contributed by atoms with van der Waals surface area (Å²) >= 11 is 0. The molecule has 2 rings (SSSR count). The van der Waals surface area contributed by atoms with E-state index < -0.39 is 29.4 Å². The Morgan fingerprint density at radius 2 is 2.19 bits per heavy atom. The van der Waals surface area contributed by atoms with Crippen LogP contribution < -0.4 is 5.56 Å². The fourth-order valence-corrected chi connectivity index (χ4v) is 2.31. The highest BCUT2D eigenvalue weighted by atomic mass is 19.4. The molecule has 1 fully saturated rings. The Balaban J connectivity index is 2.38. The van der Waals surface area contributed by atoms with Gasteiger partial charge in [0.2, 0.25) is 0 Å². The number of aromatic nitrogens is 2. The van der Waals surface area contributed by atoms with Gasteiger partial charge in [0.1, 0.15) is 6.04 Å². The summed E-state index contributed by atoms with van der Waals surface area (Å²) in [6.07, 6.45) is -0.376. The van der Waals surface area contributed by atoms with Crippen molar-refractivity contribution < 1.29 is 22.7 Å². The van der Waals surface area contributed by atoms with Crippen LogP contribution in [0.1, 0.15) is 37.4 Å². The lowest BCUT2D eigenvalue weighted by molar-refractivity contribution is -0.147. The smallest absolute Gasteiger partial charge is 0.434 e. The van der Waals surface area contributed by atoms with Gasteiger partial charge in [-0.15, -0.1) is 0 Å². The number of rotatable bonds is 4. The topological polar surface area (TPSA) is 61.2 Å². The molecule has 21 heavy (non-hydrogen) atoms. The SMILES string of the molecule is COC(=O)[C@H](CC1CCC1)n1cc(C(F)(F)F)ncc1=O. The Labute approximate surface area is 118 Å². The van der Waals surface area contributed by atoms with Crippen molar-refractivity contribution >= 4 is 5.97 Å². The molecule has 0 radical (unpaired) electrons. The van der Waals surface area contributed by atoms with Crippen molar-refractivity contribution in [2.75, 3.05) is 7.11 Å². The van der Waals surface area contributed by atoms with Gasteiger partial charge in [0.25, 0.3) is 5.56 Å². The second kappa shape index (κ2) is 5.87. The quantitative estimate of drug-likeness (QED) is 0.800. The average Bonchev–Trinajstić information content (AvgIpc) is 2.37. The number of hydrogen-bond donors (Lipinski definition) is 0. The second-order valence-electron chi connectivity index (χ2n) is 5.09. The van der Waals surface area contributed by atoms with Gasteiger partial charge >= 0.3 is 12.1 Å². The minimum Gasteiger partial charge on any atom is -0.467 e. The third-order valence-corrected chi connectivity index (χ3v) is 3.71. The van der Waals surface area contributed by atoms with Gasteiger partial charge in [-0.25, -0.2) is 9.78 Å². The summed E-state index contributed by atoms with van der Waals surface area (Å²) in [7, 11) is 1.15.